The van der Waals surface area contributed by atoms with Crippen LogP contribution in [-0.2, 0) is 4.74 Å². The number of morpholine rings is 1. The number of benzene rings is 2. The highest BCUT2D eigenvalue weighted by atomic mass is 79.9. The quantitative estimate of drug-likeness (QED) is 0.793. The first-order valence-corrected chi connectivity index (χ1v) is 9.06. The van der Waals surface area contributed by atoms with Crippen molar-refractivity contribution >= 4 is 15.9 Å². The molecule has 0 aliphatic carbocycles. The molecule has 134 valence electrons. The van der Waals surface area contributed by atoms with Crippen LogP contribution in [-0.4, -0.2) is 49.0 Å². The Balaban J connectivity index is 1.51. The smallest absolute Gasteiger partial charge is 0.165 e. The minimum Gasteiger partial charge on any atom is -0.488 e. The van der Waals surface area contributed by atoms with Gasteiger partial charge in [-0.1, -0.05) is 40.2 Å². The number of rotatable bonds is 6. The van der Waals surface area contributed by atoms with E-state index in [1.807, 2.05) is 24.3 Å². The maximum Gasteiger partial charge on any atom is 0.165 e. The Morgan fingerprint density at radius 2 is 2.12 bits per heavy atom. The van der Waals surface area contributed by atoms with E-state index < -0.39 is 11.9 Å². The largest absolute Gasteiger partial charge is 0.488 e. The number of β-amino-alcohol motifs (C(OH)–C–C–N with tert-alkyl or cyclic N) is 1. The van der Waals surface area contributed by atoms with E-state index in [0.717, 1.165) is 16.6 Å². The topological polar surface area (TPSA) is 41.9 Å². The highest BCUT2D eigenvalue weighted by molar-refractivity contribution is 9.10. The van der Waals surface area contributed by atoms with Gasteiger partial charge in [0.2, 0.25) is 0 Å². The predicted octanol–water partition coefficient (Wildman–Crippen LogP) is 3.40. The lowest BCUT2D eigenvalue weighted by Crippen LogP contribution is -2.43. The van der Waals surface area contributed by atoms with Crippen LogP contribution in [0.5, 0.6) is 5.75 Å². The second-order valence-electron chi connectivity index (χ2n) is 6.07. The third kappa shape index (κ3) is 5.25. The lowest BCUT2D eigenvalue weighted by molar-refractivity contribution is -0.0460. The SMILES string of the molecule is OC(COc1ccccc1F)CN1CCOC(c2cccc(Br)c2)C1. The maximum atomic E-state index is 13.5. The zero-order chi connectivity index (χ0) is 17.6. The summed E-state index contributed by atoms with van der Waals surface area (Å²) < 4.78 is 25.8. The molecule has 4 nitrogen and oxygen atoms in total. The summed E-state index contributed by atoms with van der Waals surface area (Å²) in [6.45, 7) is 2.58. The first kappa shape index (κ1) is 18.3. The molecule has 0 saturated carbocycles. The van der Waals surface area contributed by atoms with Gasteiger partial charge in [-0.05, 0) is 29.8 Å². The number of halogens is 2. The zero-order valence-electron chi connectivity index (χ0n) is 13.8. The van der Waals surface area contributed by atoms with Crippen LogP contribution in [0.3, 0.4) is 0 Å². The lowest BCUT2D eigenvalue weighted by atomic mass is 10.1. The van der Waals surface area contributed by atoms with E-state index in [1.165, 1.54) is 6.07 Å². The van der Waals surface area contributed by atoms with E-state index in [0.29, 0.717) is 19.7 Å². The summed E-state index contributed by atoms with van der Waals surface area (Å²) in [6.07, 6.45) is -0.716. The molecule has 0 aromatic heterocycles. The summed E-state index contributed by atoms with van der Waals surface area (Å²) in [5.74, 6) is -0.258. The molecule has 2 aromatic carbocycles. The third-order valence-corrected chi connectivity index (χ3v) is 4.60. The molecule has 0 radical (unpaired) electrons. The van der Waals surface area contributed by atoms with Crippen molar-refractivity contribution in [3.8, 4) is 5.75 Å². The molecule has 3 rings (SSSR count). The number of aliphatic hydroxyl groups excluding tert-OH is 1. The van der Waals surface area contributed by atoms with Crippen LogP contribution in [0.2, 0.25) is 0 Å². The van der Waals surface area contributed by atoms with Gasteiger partial charge in [-0.15, -0.1) is 0 Å². The molecule has 0 amide bonds. The van der Waals surface area contributed by atoms with Gasteiger partial charge < -0.3 is 14.6 Å². The number of aliphatic hydroxyl groups is 1. The Kier molecular flexibility index (Phi) is 6.42. The van der Waals surface area contributed by atoms with Gasteiger partial charge in [-0.25, -0.2) is 4.39 Å². The van der Waals surface area contributed by atoms with Crippen molar-refractivity contribution in [3.63, 3.8) is 0 Å². The summed E-state index contributed by atoms with van der Waals surface area (Å²) in [7, 11) is 0. The second-order valence-corrected chi connectivity index (χ2v) is 6.98. The summed E-state index contributed by atoms with van der Waals surface area (Å²) >= 11 is 3.48. The van der Waals surface area contributed by atoms with Crippen LogP contribution in [0, 0.1) is 5.82 Å². The van der Waals surface area contributed by atoms with Crippen LogP contribution in [0.15, 0.2) is 53.0 Å². The van der Waals surface area contributed by atoms with Crippen LogP contribution in [0.4, 0.5) is 4.39 Å². The minimum absolute atomic E-state index is 0.0223. The molecule has 1 aliphatic heterocycles. The van der Waals surface area contributed by atoms with Crippen molar-refractivity contribution in [3.05, 3.63) is 64.4 Å². The van der Waals surface area contributed by atoms with Crippen molar-refractivity contribution in [1.82, 2.24) is 4.90 Å². The van der Waals surface area contributed by atoms with Crippen molar-refractivity contribution in [1.29, 1.82) is 0 Å². The van der Waals surface area contributed by atoms with E-state index >= 15 is 0 Å². The van der Waals surface area contributed by atoms with Crippen LogP contribution < -0.4 is 4.74 Å². The summed E-state index contributed by atoms with van der Waals surface area (Å²) in [6, 6.07) is 14.3. The van der Waals surface area contributed by atoms with Gasteiger partial charge in [0.25, 0.3) is 0 Å². The molecule has 0 spiro atoms. The van der Waals surface area contributed by atoms with Crippen LogP contribution in [0.25, 0.3) is 0 Å². The van der Waals surface area contributed by atoms with Gasteiger partial charge in [0.05, 0.1) is 12.7 Å². The maximum absolute atomic E-state index is 13.5. The first-order valence-electron chi connectivity index (χ1n) is 8.26. The van der Waals surface area contributed by atoms with E-state index in [-0.39, 0.29) is 18.5 Å². The van der Waals surface area contributed by atoms with Gasteiger partial charge in [0, 0.05) is 24.1 Å². The Hall–Kier alpha value is -1.47. The fraction of sp³-hybridized carbons (Fsp3) is 0.368. The summed E-state index contributed by atoms with van der Waals surface area (Å²) in [4.78, 5) is 2.14. The van der Waals surface area contributed by atoms with E-state index in [4.69, 9.17) is 9.47 Å². The molecule has 6 heteroatoms. The van der Waals surface area contributed by atoms with E-state index in [2.05, 4.69) is 20.8 Å². The normalized spacial score (nSPS) is 19.6. The number of hydrogen-bond acceptors (Lipinski definition) is 4. The van der Waals surface area contributed by atoms with Crippen molar-refractivity contribution in [2.45, 2.75) is 12.2 Å². The number of para-hydroxylation sites is 1. The number of nitrogens with zero attached hydrogens (tertiary/aromatic N) is 1. The zero-order valence-corrected chi connectivity index (χ0v) is 15.4. The average molecular weight is 410 g/mol. The van der Waals surface area contributed by atoms with Crippen LogP contribution >= 0.6 is 15.9 Å². The Morgan fingerprint density at radius 3 is 2.92 bits per heavy atom. The fourth-order valence-electron chi connectivity index (χ4n) is 2.88. The van der Waals surface area contributed by atoms with Gasteiger partial charge in [-0.2, -0.15) is 0 Å². The van der Waals surface area contributed by atoms with Crippen LogP contribution in [0.1, 0.15) is 11.7 Å². The molecule has 2 aromatic rings. The molecule has 25 heavy (non-hydrogen) atoms. The Morgan fingerprint density at radius 1 is 1.28 bits per heavy atom. The molecular weight excluding hydrogens is 389 g/mol. The monoisotopic (exact) mass is 409 g/mol. The summed E-state index contributed by atoms with van der Waals surface area (Å²) in [5, 5.41) is 10.2. The highest BCUT2D eigenvalue weighted by Crippen LogP contribution is 2.25. The van der Waals surface area contributed by atoms with Gasteiger partial charge in [0.1, 0.15) is 12.7 Å². The predicted molar refractivity (Wildman–Crippen MR) is 97.2 cm³/mol. The number of ether oxygens (including phenoxy) is 2. The van der Waals surface area contributed by atoms with Gasteiger partial charge >= 0.3 is 0 Å². The molecule has 1 N–H and O–H groups in total. The van der Waals surface area contributed by atoms with Crippen molar-refractivity contribution < 1.29 is 19.0 Å². The second kappa shape index (κ2) is 8.76. The van der Waals surface area contributed by atoms with Gasteiger partial charge in [-0.3, -0.25) is 4.90 Å². The molecule has 0 bridgehead atoms. The molecular formula is C19H21BrFNO3. The Labute approximate surface area is 155 Å². The average Bonchev–Trinajstić information content (AvgIpc) is 2.61. The minimum atomic E-state index is -0.694. The molecule has 1 saturated heterocycles. The first-order chi connectivity index (χ1) is 12.1. The Bertz CT molecular complexity index is 700. The molecule has 1 heterocycles. The highest BCUT2D eigenvalue weighted by Gasteiger charge is 2.24. The lowest BCUT2D eigenvalue weighted by Gasteiger charge is -2.34. The van der Waals surface area contributed by atoms with Crippen molar-refractivity contribution in [2.24, 2.45) is 0 Å². The molecule has 1 aliphatic rings. The fourth-order valence-corrected chi connectivity index (χ4v) is 3.29. The summed E-state index contributed by atoms with van der Waals surface area (Å²) in [5.41, 5.74) is 1.11. The molecule has 1 fully saturated rings. The third-order valence-electron chi connectivity index (χ3n) is 4.11. The van der Waals surface area contributed by atoms with Gasteiger partial charge in [0.15, 0.2) is 11.6 Å². The van der Waals surface area contributed by atoms with E-state index in [1.54, 1.807) is 18.2 Å². The molecule has 2 unspecified atom stereocenters. The van der Waals surface area contributed by atoms with Crippen molar-refractivity contribution in [2.75, 3.05) is 32.8 Å². The molecule has 2 atom stereocenters. The van der Waals surface area contributed by atoms with E-state index in [9.17, 15) is 9.50 Å². The number of hydrogen-bond donors (Lipinski definition) is 1. The standard InChI is InChI=1S/C19H21BrFNO3/c20-15-5-3-4-14(10-15)19-12-22(8-9-24-19)11-16(23)13-25-18-7-2-1-6-17(18)21/h1-7,10,16,19,23H,8-9,11-13H2.